The van der Waals surface area contributed by atoms with Crippen LogP contribution >= 0.6 is 0 Å². The lowest BCUT2D eigenvalue weighted by Gasteiger charge is -2.14. The summed E-state index contributed by atoms with van der Waals surface area (Å²) in [6.45, 7) is 2.08. The Hall–Kier alpha value is -5.70. The van der Waals surface area contributed by atoms with Crippen molar-refractivity contribution in [1.82, 2.24) is 0 Å². The number of ether oxygens (including phenoxy) is 6. The Morgan fingerprint density at radius 2 is 1.61 bits per heavy atom. The molecule has 0 N–H and O–H groups in total. The molecule has 1 aromatic heterocycles. The van der Waals surface area contributed by atoms with E-state index in [-0.39, 0.29) is 28.6 Å². The van der Waals surface area contributed by atoms with Crippen molar-refractivity contribution in [2.24, 2.45) is 0 Å². The molecule has 0 spiro atoms. The van der Waals surface area contributed by atoms with E-state index in [4.69, 9.17) is 32.8 Å². The lowest BCUT2D eigenvalue weighted by atomic mass is 10.1. The van der Waals surface area contributed by atoms with Gasteiger partial charge in [-0.2, -0.15) is 0 Å². The zero-order chi connectivity index (χ0) is 30.8. The number of hydrogen-bond donors (Lipinski definition) is 0. The number of esters is 1. The highest BCUT2D eigenvalue weighted by molar-refractivity contribution is 6.15. The van der Waals surface area contributed by atoms with Gasteiger partial charge in [0.25, 0.3) is 0 Å². The quantitative estimate of drug-likeness (QED) is 0.100. The number of carbonyl (C=O) groups excluding carboxylic acids is 2. The summed E-state index contributed by atoms with van der Waals surface area (Å²) in [5.41, 5.74) is 2.73. The monoisotopic (exact) mass is 592 g/mol. The largest absolute Gasteiger partial charge is 0.493 e. The number of hydrogen-bond acceptors (Lipinski definition) is 9. The average Bonchev–Trinajstić information content (AvgIpc) is 3.54. The second kappa shape index (κ2) is 11.9. The molecule has 1 aliphatic heterocycles. The highest BCUT2D eigenvalue weighted by atomic mass is 16.5. The number of benzene rings is 4. The first kappa shape index (κ1) is 28.4. The molecule has 9 nitrogen and oxygen atoms in total. The third kappa shape index (κ3) is 5.31. The van der Waals surface area contributed by atoms with E-state index in [1.807, 2.05) is 30.3 Å². The number of Topliss-reactive ketones (excluding diaryl/α,β-unsaturated/α-hetero) is 1. The van der Waals surface area contributed by atoms with E-state index >= 15 is 0 Å². The van der Waals surface area contributed by atoms with Gasteiger partial charge >= 0.3 is 5.97 Å². The lowest BCUT2D eigenvalue weighted by molar-refractivity contribution is 0.0734. The van der Waals surface area contributed by atoms with Crippen molar-refractivity contribution >= 4 is 28.8 Å². The van der Waals surface area contributed by atoms with Gasteiger partial charge in [0.15, 0.2) is 17.3 Å². The maximum Gasteiger partial charge on any atom is 0.347 e. The molecule has 4 aromatic carbocycles. The molecule has 0 atom stereocenters. The second-order valence-corrected chi connectivity index (χ2v) is 9.88. The SMILES string of the molecule is COc1ccc(/C=C2\Oc3cc(OC(=O)c4c(C)oc5ccc(OCc6ccccc6)cc45)ccc3C2=O)c(OC)c1OC. The molecule has 0 bridgehead atoms. The van der Waals surface area contributed by atoms with Crippen molar-refractivity contribution < 1.29 is 42.4 Å². The predicted molar refractivity (Wildman–Crippen MR) is 162 cm³/mol. The molecule has 2 heterocycles. The van der Waals surface area contributed by atoms with Crippen LogP contribution in [0, 0.1) is 6.92 Å². The van der Waals surface area contributed by atoms with Gasteiger partial charge in [-0.15, -0.1) is 0 Å². The van der Waals surface area contributed by atoms with E-state index in [0.29, 0.717) is 57.5 Å². The van der Waals surface area contributed by atoms with Gasteiger partial charge in [-0.05, 0) is 61.0 Å². The fourth-order valence-corrected chi connectivity index (χ4v) is 5.05. The first-order valence-corrected chi connectivity index (χ1v) is 13.7. The molecule has 0 saturated carbocycles. The van der Waals surface area contributed by atoms with E-state index in [2.05, 4.69) is 0 Å². The molecule has 1 aliphatic rings. The molecular weight excluding hydrogens is 564 g/mol. The number of fused-ring (bicyclic) bond motifs is 2. The minimum Gasteiger partial charge on any atom is -0.493 e. The first-order chi connectivity index (χ1) is 21.4. The molecule has 0 amide bonds. The Bertz CT molecular complexity index is 1920. The van der Waals surface area contributed by atoms with Crippen LogP contribution in [-0.4, -0.2) is 33.1 Å². The van der Waals surface area contributed by atoms with E-state index in [1.54, 1.807) is 55.5 Å². The maximum absolute atomic E-state index is 13.4. The second-order valence-electron chi connectivity index (χ2n) is 9.88. The van der Waals surface area contributed by atoms with E-state index < -0.39 is 5.97 Å². The van der Waals surface area contributed by atoms with Crippen LogP contribution in [0.15, 0.2) is 89.0 Å². The number of ketones is 1. The Labute approximate surface area is 253 Å². The van der Waals surface area contributed by atoms with Gasteiger partial charge < -0.3 is 32.8 Å². The Balaban J connectivity index is 1.23. The van der Waals surface area contributed by atoms with E-state index in [9.17, 15) is 9.59 Å². The zero-order valence-electron chi connectivity index (χ0n) is 24.5. The van der Waals surface area contributed by atoms with E-state index in [1.165, 1.54) is 27.4 Å². The minimum absolute atomic E-state index is 0.0775. The standard InChI is InChI=1S/C35H28O9/c1-20-31(26-17-23(12-15-27(26)42-20)41-19-21-8-6-5-7-9-21)35(37)43-24-11-13-25-29(18-24)44-30(32(25)36)16-22-10-14-28(38-2)34(40-4)33(22)39-3/h5-18H,19H2,1-4H3/b30-16-. The number of allylic oxidation sites excluding steroid dienone is 1. The molecule has 0 fully saturated rings. The maximum atomic E-state index is 13.4. The molecule has 0 aliphatic carbocycles. The van der Waals surface area contributed by atoms with Crippen molar-refractivity contribution in [3.05, 3.63) is 113 Å². The third-order valence-corrected chi connectivity index (χ3v) is 7.16. The first-order valence-electron chi connectivity index (χ1n) is 13.7. The zero-order valence-corrected chi connectivity index (χ0v) is 24.5. The number of rotatable bonds is 9. The topological polar surface area (TPSA) is 103 Å². The van der Waals surface area contributed by atoms with Crippen molar-refractivity contribution in [2.75, 3.05) is 21.3 Å². The fourth-order valence-electron chi connectivity index (χ4n) is 5.05. The van der Waals surface area contributed by atoms with Gasteiger partial charge in [0, 0.05) is 17.0 Å². The van der Waals surface area contributed by atoms with Crippen molar-refractivity contribution in [3.63, 3.8) is 0 Å². The Kier molecular flexibility index (Phi) is 7.68. The van der Waals surface area contributed by atoms with Crippen molar-refractivity contribution in [1.29, 1.82) is 0 Å². The Morgan fingerprint density at radius 3 is 2.36 bits per heavy atom. The van der Waals surface area contributed by atoms with Crippen molar-refractivity contribution in [2.45, 2.75) is 13.5 Å². The van der Waals surface area contributed by atoms with Crippen molar-refractivity contribution in [3.8, 4) is 34.5 Å². The van der Waals surface area contributed by atoms with Gasteiger partial charge in [-0.3, -0.25) is 4.79 Å². The summed E-state index contributed by atoms with van der Waals surface area (Å²) >= 11 is 0. The summed E-state index contributed by atoms with van der Waals surface area (Å²) < 4.78 is 39.7. The summed E-state index contributed by atoms with van der Waals surface area (Å²) in [5, 5.41) is 0.569. The number of carbonyl (C=O) groups is 2. The number of methoxy groups -OCH3 is 3. The third-order valence-electron chi connectivity index (χ3n) is 7.16. The lowest BCUT2D eigenvalue weighted by Crippen LogP contribution is -2.09. The summed E-state index contributed by atoms with van der Waals surface area (Å²) in [6, 6.07) is 23.1. The van der Waals surface area contributed by atoms with Crippen LogP contribution in [0.1, 0.15) is 37.6 Å². The smallest absolute Gasteiger partial charge is 0.347 e. The minimum atomic E-state index is -0.614. The summed E-state index contributed by atoms with van der Waals surface area (Å²) in [5.74, 6) is 1.86. The molecule has 222 valence electrons. The summed E-state index contributed by atoms with van der Waals surface area (Å²) in [7, 11) is 4.52. The molecule has 9 heteroatoms. The molecule has 6 rings (SSSR count). The highest BCUT2D eigenvalue weighted by Gasteiger charge is 2.29. The van der Waals surface area contributed by atoms with Crippen LogP contribution in [0.3, 0.4) is 0 Å². The summed E-state index contributed by atoms with van der Waals surface area (Å²) in [6.07, 6.45) is 1.56. The summed E-state index contributed by atoms with van der Waals surface area (Å²) in [4.78, 5) is 26.5. The number of aryl methyl sites for hydroxylation is 1. The van der Waals surface area contributed by atoms with Crippen LogP contribution in [0.2, 0.25) is 0 Å². The Morgan fingerprint density at radius 1 is 0.841 bits per heavy atom. The molecule has 0 radical (unpaired) electrons. The molecule has 0 unspecified atom stereocenters. The van der Waals surface area contributed by atoms with E-state index in [0.717, 1.165) is 5.56 Å². The normalized spacial score (nSPS) is 13.0. The molecule has 44 heavy (non-hydrogen) atoms. The van der Waals surface area contributed by atoms with Gasteiger partial charge in [0.2, 0.25) is 11.5 Å². The van der Waals surface area contributed by atoms with Gasteiger partial charge in [0.05, 0.1) is 26.9 Å². The number of furan rings is 1. The van der Waals surface area contributed by atoms with Crippen LogP contribution < -0.4 is 28.4 Å². The van der Waals surface area contributed by atoms with Crippen LogP contribution in [0.4, 0.5) is 0 Å². The molecule has 5 aromatic rings. The average molecular weight is 593 g/mol. The molecular formula is C35H28O9. The van der Waals surface area contributed by atoms with Gasteiger partial charge in [0.1, 0.15) is 40.8 Å². The highest BCUT2D eigenvalue weighted by Crippen LogP contribution is 2.42. The van der Waals surface area contributed by atoms with Gasteiger partial charge in [-0.25, -0.2) is 4.79 Å². The molecule has 0 saturated heterocycles. The van der Waals surface area contributed by atoms with Crippen LogP contribution in [0.25, 0.3) is 17.0 Å². The van der Waals surface area contributed by atoms with Crippen LogP contribution in [0.5, 0.6) is 34.5 Å². The van der Waals surface area contributed by atoms with Crippen LogP contribution in [-0.2, 0) is 6.61 Å². The predicted octanol–water partition coefficient (Wildman–Crippen LogP) is 7.18. The van der Waals surface area contributed by atoms with Gasteiger partial charge in [-0.1, -0.05) is 30.3 Å². The fraction of sp³-hybridized carbons (Fsp3) is 0.143.